The van der Waals surface area contributed by atoms with Crippen molar-refractivity contribution in [2.24, 2.45) is 0 Å². The Morgan fingerprint density at radius 1 is 1.31 bits per heavy atom. The van der Waals surface area contributed by atoms with Gasteiger partial charge in [0.1, 0.15) is 11.9 Å². The molecule has 26 heavy (non-hydrogen) atoms. The number of carboxylic acids is 1. The van der Waals surface area contributed by atoms with Gasteiger partial charge < -0.3 is 14.7 Å². The van der Waals surface area contributed by atoms with Gasteiger partial charge in [-0.1, -0.05) is 12.1 Å². The highest BCUT2D eigenvalue weighted by Crippen LogP contribution is 2.37. The normalized spacial score (nSPS) is 17.4. The number of rotatable bonds is 4. The van der Waals surface area contributed by atoms with E-state index < -0.39 is 23.8 Å². The molecule has 1 aliphatic heterocycles. The lowest BCUT2D eigenvalue weighted by Gasteiger charge is -2.19. The lowest BCUT2D eigenvalue weighted by Crippen LogP contribution is -2.27. The molecule has 0 radical (unpaired) electrons. The largest absolute Gasteiger partial charge is 0.488 e. The van der Waals surface area contributed by atoms with Gasteiger partial charge in [0.05, 0.1) is 12.1 Å². The van der Waals surface area contributed by atoms with Crippen molar-refractivity contribution < 1.29 is 27.8 Å². The molecule has 9 heteroatoms. The lowest BCUT2D eigenvalue weighted by molar-refractivity contribution is -0.139. The Labute approximate surface area is 147 Å². The van der Waals surface area contributed by atoms with Crippen molar-refractivity contribution in [3.8, 4) is 5.75 Å². The molecule has 0 aliphatic carbocycles. The summed E-state index contributed by atoms with van der Waals surface area (Å²) in [5.74, 6) is -1.15. The second kappa shape index (κ2) is 6.81. The first-order valence-corrected chi connectivity index (χ1v) is 7.91. The van der Waals surface area contributed by atoms with Crippen LogP contribution < -0.4 is 9.64 Å². The average Bonchev–Trinajstić information content (AvgIpc) is 3.02. The van der Waals surface area contributed by atoms with Gasteiger partial charge in [0.25, 0.3) is 0 Å². The predicted molar refractivity (Wildman–Crippen MR) is 86.4 cm³/mol. The Balaban J connectivity index is 1.75. The fourth-order valence-corrected chi connectivity index (χ4v) is 2.79. The Morgan fingerprint density at radius 2 is 2.04 bits per heavy atom. The van der Waals surface area contributed by atoms with Crippen molar-refractivity contribution in [1.29, 1.82) is 0 Å². The van der Waals surface area contributed by atoms with E-state index in [0.717, 1.165) is 6.07 Å². The molecule has 0 bridgehead atoms. The van der Waals surface area contributed by atoms with Crippen molar-refractivity contribution in [3.63, 3.8) is 0 Å². The molecule has 6 nitrogen and oxygen atoms in total. The van der Waals surface area contributed by atoms with E-state index in [1.165, 1.54) is 24.3 Å². The highest BCUT2D eigenvalue weighted by atomic mass is 19.4. The van der Waals surface area contributed by atoms with Crippen LogP contribution in [-0.2, 0) is 6.18 Å². The van der Waals surface area contributed by atoms with Crippen LogP contribution >= 0.6 is 0 Å². The molecule has 0 amide bonds. The number of ether oxygens (including phenoxy) is 1. The summed E-state index contributed by atoms with van der Waals surface area (Å²) in [5, 5.41) is 9.09. The Bertz CT molecular complexity index is 826. The van der Waals surface area contributed by atoms with E-state index in [1.54, 1.807) is 11.8 Å². The summed E-state index contributed by atoms with van der Waals surface area (Å²) in [4.78, 5) is 21.0. The molecule has 2 aromatic rings. The number of alkyl halides is 3. The van der Waals surface area contributed by atoms with Gasteiger partial charge in [0.2, 0.25) is 5.95 Å². The Hall–Kier alpha value is -2.84. The number of benzene rings is 1. The van der Waals surface area contributed by atoms with Gasteiger partial charge in [0.15, 0.2) is 5.69 Å². The van der Waals surface area contributed by atoms with Crippen LogP contribution in [0.25, 0.3) is 0 Å². The maximum Gasteiger partial charge on any atom is 0.419 e. The number of aromatic nitrogens is 2. The van der Waals surface area contributed by atoms with Gasteiger partial charge in [0, 0.05) is 18.7 Å². The molecule has 1 aromatic carbocycles. The third-order valence-corrected chi connectivity index (χ3v) is 3.98. The number of aryl methyl sites for hydroxylation is 1. The summed E-state index contributed by atoms with van der Waals surface area (Å²) in [7, 11) is 0. The average molecular weight is 367 g/mol. The van der Waals surface area contributed by atoms with E-state index in [4.69, 9.17) is 9.84 Å². The fraction of sp³-hybridized carbons (Fsp3) is 0.353. The van der Waals surface area contributed by atoms with Crippen molar-refractivity contribution >= 4 is 11.9 Å². The summed E-state index contributed by atoms with van der Waals surface area (Å²) in [6, 6.07) is 6.42. The van der Waals surface area contributed by atoms with Crippen molar-refractivity contribution in [3.05, 3.63) is 47.3 Å². The first kappa shape index (κ1) is 18.0. The minimum atomic E-state index is -4.50. The van der Waals surface area contributed by atoms with Crippen molar-refractivity contribution in [1.82, 2.24) is 9.97 Å². The highest BCUT2D eigenvalue weighted by molar-refractivity contribution is 5.85. The van der Waals surface area contributed by atoms with Crippen LogP contribution in [0.2, 0.25) is 0 Å². The Morgan fingerprint density at radius 3 is 2.73 bits per heavy atom. The number of anilines is 1. The lowest BCUT2D eigenvalue weighted by atomic mass is 10.2. The van der Waals surface area contributed by atoms with Crippen LogP contribution in [0, 0.1) is 6.92 Å². The molecule has 1 aliphatic rings. The van der Waals surface area contributed by atoms with E-state index in [1.807, 2.05) is 0 Å². The summed E-state index contributed by atoms with van der Waals surface area (Å²) in [6.45, 7) is 2.39. The summed E-state index contributed by atoms with van der Waals surface area (Å²) < 4.78 is 44.7. The number of para-hydroxylation sites is 1. The van der Waals surface area contributed by atoms with E-state index in [0.29, 0.717) is 18.7 Å². The van der Waals surface area contributed by atoms with Crippen LogP contribution in [0.1, 0.15) is 28.2 Å². The van der Waals surface area contributed by atoms with Crippen LogP contribution in [-0.4, -0.2) is 40.2 Å². The van der Waals surface area contributed by atoms with Gasteiger partial charge in [-0.25, -0.2) is 14.8 Å². The molecule has 0 spiro atoms. The molecule has 1 atom stereocenters. The maximum absolute atomic E-state index is 13.1. The number of halogens is 3. The van der Waals surface area contributed by atoms with E-state index >= 15 is 0 Å². The van der Waals surface area contributed by atoms with Gasteiger partial charge in [-0.2, -0.15) is 13.2 Å². The van der Waals surface area contributed by atoms with Crippen LogP contribution in [0.15, 0.2) is 30.3 Å². The molecular formula is C17H16F3N3O3. The van der Waals surface area contributed by atoms with Gasteiger partial charge in [-0.05, 0) is 25.1 Å². The third-order valence-electron chi connectivity index (χ3n) is 3.98. The molecule has 2 heterocycles. The number of carbonyl (C=O) groups is 1. The Kier molecular flexibility index (Phi) is 4.71. The quantitative estimate of drug-likeness (QED) is 0.895. The van der Waals surface area contributed by atoms with Gasteiger partial charge >= 0.3 is 12.1 Å². The second-order valence-electron chi connectivity index (χ2n) is 5.97. The zero-order valence-corrected chi connectivity index (χ0v) is 13.8. The molecule has 0 unspecified atom stereocenters. The van der Waals surface area contributed by atoms with Gasteiger partial charge in [-0.3, -0.25) is 0 Å². The van der Waals surface area contributed by atoms with E-state index in [-0.39, 0.29) is 23.9 Å². The molecule has 1 fully saturated rings. The van der Waals surface area contributed by atoms with E-state index in [9.17, 15) is 18.0 Å². The smallest absolute Gasteiger partial charge is 0.419 e. The number of aromatic carboxylic acids is 1. The fourth-order valence-electron chi connectivity index (χ4n) is 2.79. The minimum Gasteiger partial charge on any atom is -0.488 e. The first-order valence-electron chi connectivity index (χ1n) is 7.91. The third kappa shape index (κ3) is 3.87. The number of hydrogen-bond donors (Lipinski definition) is 1. The second-order valence-corrected chi connectivity index (χ2v) is 5.97. The standard InChI is InChI=1S/C17H16F3N3O3/c1-10-8-13(15(24)25)22-16(21-10)23-7-6-11(9-23)26-14-5-3-2-4-12(14)17(18,19)20/h2-5,8,11H,6-7,9H2,1H3,(H,24,25)/t11-/m1/s1. The summed E-state index contributed by atoms with van der Waals surface area (Å²) in [6.07, 6.45) is -4.49. The summed E-state index contributed by atoms with van der Waals surface area (Å²) >= 11 is 0. The molecule has 138 valence electrons. The maximum atomic E-state index is 13.1. The van der Waals surface area contributed by atoms with Crippen LogP contribution in [0.3, 0.4) is 0 Å². The molecular weight excluding hydrogens is 351 g/mol. The first-order chi connectivity index (χ1) is 12.2. The zero-order valence-electron chi connectivity index (χ0n) is 13.8. The summed E-state index contributed by atoms with van der Waals surface area (Å²) in [5.41, 5.74) is -0.447. The number of carboxylic acid groups (broad SMARTS) is 1. The molecule has 3 rings (SSSR count). The molecule has 1 saturated heterocycles. The van der Waals surface area contributed by atoms with Crippen LogP contribution in [0.5, 0.6) is 5.75 Å². The number of nitrogens with zero attached hydrogens (tertiary/aromatic N) is 3. The molecule has 0 saturated carbocycles. The van der Waals surface area contributed by atoms with Crippen molar-refractivity contribution in [2.45, 2.75) is 25.6 Å². The van der Waals surface area contributed by atoms with Crippen molar-refractivity contribution in [2.75, 3.05) is 18.0 Å². The molecule has 1 aromatic heterocycles. The monoisotopic (exact) mass is 367 g/mol. The zero-order chi connectivity index (χ0) is 18.9. The number of hydrogen-bond acceptors (Lipinski definition) is 5. The minimum absolute atomic E-state index is 0.126. The predicted octanol–water partition coefficient (Wildman–Crippen LogP) is 3.16. The topological polar surface area (TPSA) is 75.5 Å². The van der Waals surface area contributed by atoms with Crippen LogP contribution in [0.4, 0.5) is 19.1 Å². The molecule has 1 N–H and O–H groups in total. The highest BCUT2D eigenvalue weighted by Gasteiger charge is 2.35. The SMILES string of the molecule is Cc1cc(C(=O)O)nc(N2CC[C@@H](Oc3ccccc3C(F)(F)F)C2)n1. The van der Waals surface area contributed by atoms with E-state index in [2.05, 4.69) is 9.97 Å². The van der Waals surface area contributed by atoms with Gasteiger partial charge in [-0.15, -0.1) is 0 Å².